The van der Waals surface area contributed by atoms with E-state index in [4.69, 9.17) is 4.74 Å². The summed E-state index contributed by atoms with van der Waals surface area (Å²) in [6, 6.07) is 0.0359. The Balaban J connectivity index is 2.35. The summed E-state index contributed by atoms with van der Waals surface area (Å²) in [4.78, 5) is 40.9. The molecule has 8 nitrogen and oxygen atoms in total. The summed E-state index contributed by atoms with van der Waals surface area (Å²) in [5, 5.41) is 2.97. The van der Waals surface area contributed by atoms with Crippen LogP contribution >= 0.6 is 0 Å². The van der Waals surface area contributed by atoms with Gasteiger partial charge in [0.2, 0.25) is 11.8 Å². The van der Waals surface area contributed by atoms with Gasteiger partial charge in [-0.15, -0.1) is 0 Å². The lowest BCUT2D eigenvalue weighted by atomic mass is 10.1. The van der Waals surface area contributed by atoms with Crippen molar-refractivity contribution in [2.45, 2.75) is 39.2 Å². The van der Waals surface area contributed by atoms with Crippen LogP contribution in [0.25, 0.3) is 0 Å². The molecule has 1 aliphatic heterocycles. The van der Waals surface area contributed by atoms with E-state index < -0.39 is 0 Å². The van der Waals surface area contributed by atoms with E-state index in [1.54, 1.807) is 16.7 Å². The van der Waals surface area contributed by atoms with Crippen molar-refractivity contribution in [3.05, 3.63) is 0 Å². The average molecular weight is 356 g/mol. The third-order valence-corrected chi connectivity index (χ3v) is 4.20. The molecule has 3 amide bonds. The molecule has 8 heteroatoms. The maximum absolute atomic E-state index is 12.2. The number of piperidine rings is 1. The van der Waals surface area contributed by atoms with Crippen LogP contribution in [-0.4, -0.2) is 92.1 Å². The first-order valence-corrected chi connectivity index (χ1v) is 8.94. The van der Waals surface area contributed by atoms with E-state index in [-0.39, 0.29) is 30.5 Å². The fourth-order valence-electron chi connectivity index (χ4n) is 2.79. The van der Waals surface area contributed by atoms with E-state index in [0.29, 0.717) is 39.1 Å². The lowest BCUT2D eigenvalue weighted by molar-refractivity contribution is -0.134. The van der Waals surface area contributed by atoms with Crippen molar-refractivity contribution in [2.75, 3.05) is 53.4 Å². The summed E-state index contributed by atoms with van der Waals surface area (Å²) in [5.74, 6) is -0.235. The highest BCUT2D eigenvalue weighted by Crippen LogP contribution is 2.11. The highest BCUT2D eigenvalue weighted by atomic mass is 16.6. The second-order valence-electron chi connectivity index (χ2n) is 6.63. The minimum Gasteiger partial charge on any atom is -0.450 e. The van der Waals surface area contributed by atoms with Crippen molar-refractivity contribution in [2.24, 2.45) is 0 Å². The predicted octanol–water partition coefficient (Wildman–Crippen LogP) is 0.524. The molecule has 0 spiro atoms. The van der Waals surface area contributed by atoms with Gasteiger partial charge in [0.1, 0.15) is 0 Å². The summed E-state index contributed by atoms with van der Waals surface area (Å²) in [6.45, 7) is 6.31. The molecule has 25 heavy (non-hydrogen) atoms. The van der Waals surface area contributed by atoms with Crippen molar-refractivity contribution in [1.82, 2.24) is 20.0 Å². The second-order valence-corrected chi connectivity index (χ2v) is 6.63. The number of carbonyl (C=O) groups is 3. The lowest BCUT2D eigenvalue weighted by Crippen LogP contribution is -2.49. The molecule has 0 saturated carbocycles. The highest BCUT2D eigenvalue weighted by Gasteiger charge is 2.25. The predicted molar refractivity (Wildman–Crippen MR) is 95.2 cm³/mol. The Bertz CT molecular complexity index is 448. The Morgan fingerprint density at radius 2 is 1.80 bits per heavy atom. The normalized spacial score (nSPS) is 15.2. The Kier molecular flexibility index (Phi) is 9.26. The number of carbonyl (C=O) groups excluding carboxylic acids is 3. The SMILES string of the molecule is CCOC(=O)N1CCC(NC(=O)CN(CCCN(C)C)C(C)=O)CC1. The number of hydrogen-bond donors (Lipinski definition) is 1. The first-order chi connectivity index (χ1) is 11.8. The molecule has 0 aliphatic carbocycles. The first kappa shape index (κ1) is 21.2. The van der Waals surface area contributed by atoms with Crippen LogP contribution in [0.3, 0.4) is 0 Å². The fraction of sp³-hybridized carbons (Fsp3) is 0.824. The van der Waals surface area contributed by atoms with Crippen molar-refractivity contribution in [3.8, 4) is 0 Å². The van der Waals surface area contributed by atoms with Crippen LogP contribution in [0.15, 0.2) is 0 Å². The molecule has 144 valence electrons. The largest absolute Gasteiger partial charge is 0.450 e. The number of rotatable bonds is 8. The summed E-state index contributed by atoms with van der Waals surface area (Å²) in [6.07, 6.45) is 1.94. The van der Waals surface area contributed by atoms with Gasteiger partial charge in [-0.25, -0.2) is 4.79 Å². The van der Waals surface area contributed by atoms with Gasteiger partial charge in [0.05, 0.1) is 13.2 Å². The zero-order valence-corrected chi connectivity index (χ0v) is 15.9. The van der Waals surface area contributed by atoms with E-state index in [1.165, 1.54) is 6.92 Å². The van der Waals surface area contributed by atoms with Gasteiger partial charge in [-0.05, 0) is 46.8 Å². The van der Waals surface area contributed by atoms with Gasteiger partial charge < -0.3 is 24.8 Å². The van der Waals surface area contributed by atoms with E-state index in [2.05, 4.69) is 10.2 Å². The van der Waals surface area contributed by atoms with Crippen LogP contribution in [0.1, 0.15) is 33.1 Å². The van der Waals surface area contributed by atoms with Crippen LogP contribution in [-0.2, 0) is 14.3 Å². The number of nitrogens with zero attached hydrogens (tertiary/aromatic N) is 3. The molecule has 1 aliphatic rings. The number of hydrogen-bond acceptors (Lipinski definition) is 5. The molecule has 0 unspecified atom stereocenters. The van der Waals surface area contributed by atoms with Gasteiger partial charge in [0.15, 0.2) is 0 Å². The van der Waals surface area contributed by atoms with Crippen molar-refractivity contribution in [3.63, 3.8) is 0 Å². The second kappa shape index (κ2) is 10.9. The van der Waals surface area contributed by atoms with Gasteiger partial charge in [-0.3, -0.25) is 9.59 Å². The third kappa shape index (κ3) is 8.20. The van der Waals surface area contributed by atoms with Gasteiger partial charge in [0, 0.05) is 32.6 Å². The van der Waals surface area contributed by atoms with Gasteiger partial charge in [-0.2, -0.15) is 0 Å². The average Bonchev–Trinajstić information content (AvgIpc) is 2.54. The molecule has 0 aromatic carbocycles. The zero-order chi connectivity index (χ0) is 18.8. The van der Waals surface area contributed by atoms with E-state index in [9.17, 15) is 14.4 Å². The molecular weight excluding hydrogens is 324 g/mol. The monoisotopic (exact) mass is 356 g/mol. The summed E-state index contributed by atoms with van der Waals surface area (Å²) in [7, 11) is 3.96. The molecule has 0 aromatic heterocycles. The Hall–Kier alpha value is -1.83. The summed E-state index contributed by atoms with van der Waals surface area (Å²) >= 11 is 0. The van der Waals surface area contributed by atoms with Crippen molar-refractivity contribution < 1.29 is 19.1 Å². The molecule has 0 bridgehead atoms. The van der Waals surface area contributed by atoms with E-state index in [1.807, 2.05) is 14.1 Å². The fourth-order valence-corrected chi connectivity index (χ4v) is 2.79. The van der Waals surface area contributed by atoms with Gasteiger partial charge >= 0.3 is 6.09 Å². The zero-order valence-electron chi connectivity index (χ0n) is 15.9. The maximum Gasteiger partial charge on any atom is 0.409 e. The molecule has 1 rings (SSSR count). The molecule has 0 radical (unpaired) electrons. The number of likely N-dealkylation sites (tertiary alicyclic amines) is 1. The van der Waals surface area contributed by atoms with Gasteiger partial charge in [0.25, 0.3) is 0 Å². The van der Waals surface area contributed by atoms with Crippen LogP contribution in [0.5, 0.6) is 0 Å². The maximum atomic E-state index is 12.2. The van der Waals surface area contributed by atoms with E-state index in [0.717, 1.165) is 13.0 Å². The molecular formula is C17H32N4O4. The van der Waals surface area contributed by atoms with Gasteiger partial charge in [-0.1, -0.05) is 0 Å². The number of nitrogens with one attached hydrogen (secondary N) is 1. The van der Waals surface area contributed by atoms with Crippen LogP contribution in [0.4, 0.5) is 4.79 Å². The standard InChI is InChI=1S/C17H32N4O4/c1-5-25-17(24)20-11-7-15(8-12-20)18-16(23)13-21(14(2)22)10-6-9-19(3)4/h15H,5-13H2,1-4H3,(H,18,23). The van der Waals surface area contributed by atoms with Crippen LogP contribution in [0.2, 0.25) is 0 Å². The quantitative estimate of drug-likeness (QED) is 0.686. The van der Waals surface area contributed by atoms with Crippen molar-refractivity contribution in [1.29, 1.82) is 0 Å². The molecule has 1 saturated heterocycles. The van der Waals surface area contributed by atoms with Crippen molar-refractivity contribution >= 4 is 17.9 Å². The molecule has 1 N–H and O–H groups in total. The molecule has 0 aromatic rings. The topological polar surface area (TPSA) is 82.2 Å². The number of amides is 3. The van der Waals surface area contributed by atoms with Crippen LogP contribution in [0, 0.1) is 0 Å². The van der Waals surface area contributed by atoms with E-state index >= 15 is 0 Å². The molecule has 0 atom stereocenters. The minimum atomic E-state index is -0.295. The Morgan fingerprint density at radius 3 is 2.32 bits per heavy atom. The Morgan fingerprint density at radius 1 is 1.16 bits per heavy atom. The minimum absolute atomic E-state index is 0.0359. The summed E-state index contributed by atoms with van der Waals surface area (Å²) in [5.41, 5.74) is 0. The number of ether oxygens (including phenoxy) is 1. The summed E-state index contributed by atoms with van der Waals surface area (Å²) < 4.78 is 4.98. The smallest absolute Gasteiger partial charge is 0.409 e. The first-order valence-electron chi connectivity index (χ1n) is 8.94. The molecule has 1 heterocycles. The Labute approximate surface area is 150 Å². The van der Waals surface area contributed by atoms with Crippen LogP contribution < -0.4 is 5.32 Å². The highest BCUT2D eigenvalue weighted by molar-refractivity contribution is 5.84. The third-order valence-electron chi connectivity index (χ3n) is 4.20. The molecule has 1 fully saturated rings. The lowest BCUT2D eigenvalue weighted by Gasteiger charge is -2.32.